The van der Waals surface area contributed by atoms with Gasteiger partial charge in [-0.1, -0.05) is 35.9 Å². The molecule has 2 aromatic rings. The van der Waals surface area contributed by atoms with E-state index in [1.165, 1.54) is 0 Å². The van der Waals surface area contributed by atoms with E-state index in [1.807, 2.05) is 38.4 Å². The summed E-state index contributed by atoms with van der Waals surface area (Å²) in [5.74, 6) is -0.0550. The number of rotatable bonds is 3. The van der Waals surface area contributed by atoms with Crippen LogP contribution in [0.15, 0.2) is 53.6 Å². The SMILES string of the molecule is CC(=O)N1N=C(c2ccc(Cl)cc2)CC1c1ccc(N(C)C)cc1. The van der Waals surface area contributed by atoms with Crippen LogP contribution in [0.3, 0.4) is 0 Å². The van der Waals surface area contributed by atoms with E-state index >= 15 is 0 Å². The lowest BCUT2D eigenvalue weighted by Crippen LogP contribution is -2.24. The van der Waals surface area contributed by atoms with Crippen LogP contribution < -0.4 is 4.90 Å². The maximum atomic E-state index is 12.0. The molecule has 1 amide bonds. The van der Waals surface area contributed by atoms with E-state index in [4.69, 9.17) is 11.6 Å². The minimum absolute atomic E-state index is 0.0550. The van der Waals surface area contributed by atoms with Crippen LogP contribution in [0, 0.1) is 0 Å². The minimum atomic E-state index is -0.0654. The van der Waals surface area contributed by atoms with Gasteiger partial charge in [0.1, 0.15) is 0 Å². The molecule has 0 fully saturated rings. The molecule has 124 valence electrons. The predicted molar refractivity (Wildman–Crippen MR) is 98.6 cm³/mol. The van der Waals surface area contributed by atoms with E-state index in [0.29, 0.717) is 11.4 Å². The van der Waals surface area contributed by atoms with Crippen molar-refractivity contribution >= 4 is 28.9 Å². The highest BCUT2D eigenvalue weighted by Gasteiger charge is 2.31. The summed E-state index contributed by atoms with van der Waals surface area (Å²) in [6, 6.07) is 15.8. The molecule has 2 aromatic carbocycles. The molecule has 0 spiro atoms. The lowest BCUT2D eigenvalue weighted by Gasteiger charge is -2.21. The highest BCUT2D eigenvalue weighted by atomic mass is 35.5. The summed E-state index contributed by atoms with van der Waals surface area (Å²) in [4.78, 5) is 14.1. The van der Waals surface area contributed by atoms with Gasteiger partial charge >= 0.3 is 0 Å². The monoisotopic (exact) mass is 341 g/mol. The van der Waals surface area contributed by atoms with Gasteiger partial charge in [-0.25, -0.2) is 5.01 Å². The van der Waals surface area contributed by atoms with Crippen molar-refractivity contribution in [2.45, 2.75) is 19.4 Å². The number of carbonyl (C=O) groups excluding carboxylic acids is 1. The largest absolute Gasteiger partial charge is 0.378 e. The fourth-order valence-electron chi connectivity index (χ4n) is 2.87. The second kappa shape index (κ2) is 6.65. The molecular weight excluding hydrogens is 322 g/mol. The molecule has 1 unspecified atom stereocenters. The lowest BCUT2D eigenvalue weighted by molar-refractivity contribution is -0.130. The van der Waals surface area contributed by atoms with Gasteiger partial charge < -0.3 is 4.90 Å². The number of nitrogens with zero attached hydrogens (tertiary/aromatic N) is 3. The molecule has 0 saturated heterocycles. The first-order valence-electron chi connectivity index (χ1n) is 7.86. The predicted octanol–water partition coefficient (Wildman–Crippen LogP) is 4.10. The molecule has 1 aliphatic rings. The zero-order valence-electron chi connectivity index (χ0n) is 14.0. The summed E-state index contributed by atoms with van der Waals surface area (Å²) >= 11 is 5.95. The standard InChI is InChI=1S/C19H20ClN3O/c1-13(24)23-19(15-6-10-17(11-7-15)22(2)3)12-18(21-23)14-4-8-16(20)9-5-14/h4-11,19H,12H2,1-3H3. The van der Waals surface area contributed by atoms with E-state index in [9.17, 15) is 4.79 Å². The molecule has 0 saturated carbocycles. The van der Waals surface area contributed by atoms with Crippen LogP contribution in [0.25, 0.3) is 0 Å². The lowest BCUT2D eigenvalue weighted by atomic mass is 9.98. The van der Waals surface area contributed by atoms with Crippen LogP contribution in [0.5, 0.6) is 0 Å². The molecule has 0 bridgehead atoms. The number of hydrogen-bond donors (Lipinski definition) is 0. The minimum Gasteiger partial charge on any atom is -0.378 e. The molecule has 0 aliphatic carbocycles. The van der Waals surface area contributed by atoms with Gasteiger partial charge in [-0.15, -0.1) is 0 Å². The average molecular weight is 342 g/mol. The molecule has 5 heteroatoms. The molecule has 4 nitrogen and oxygen atoms in total. The summed E-state index contributed by atoms with van der Waals surface area (Å²) in [5, 5.41) is 6.82. The number of anilines is 1. The van der Waals surface area contributed by atoms with Crippen molar-refractivity contribution in [2.24, 2.45) is 5.10 Å². The number of hydrazone groups is 1. The smallest absolute Gasteiger partial charge is 0.240 e. The Bertz CT molecular complexity index is 766. The molecule has 1 heterocycles. The molecule has 0 radical (unpaired) electrons. The Labute approximate surface area is 147 Å². The summed E-state index contributed by atoms with van der Waals surface area (Å²) in [7, 11) is 4.02. The van der Waals surface area contributed by atoms with Crippen molar-refractivity contribution in [1.29, 1.82) is 0 Å². The Morgan fingerprint density at radius 3 is 2.29 bits per heavy atom. The molecule has 0 aromatic heterocycles. The van der Waals surface area contributed by atoms with Crippen molar-refractivity contribution in [3.05, 3.63) is 64.7 Å². The van der Waals surface area contributed by atoms with Gasteiger partial charge in [0.25, 0.3) is 0 Å². The highest BCUT2D eigenvalue weighted by molar-refractivity contribution is 6.30. The van der Waals surface area contributed by atoms with Gasteiger partial charge in [0.2, 0.25) is 5.91 Å². The Hall–Kier alpha value is -2.33. The van der Waals surface area contributed by atoms with E-state index in [2.05, 4.69) is 34.3 Å². The number of carbonyl (C=O) groups is 1. The topological polar surface area (TPSA) is 35.9 Å². The molecule has 1 aliphatic heterocycles. The van der Waals surface area contributed by atoms with Crippen molar-refractivity contribution in [3.8, 4) is 0 Å². The molecule has 0 N–H and O–H groups in total. The first kappa shape index (κ1) is 16.5. The highest BCUT2D eigenvalue weighted by Crippen LogP contribution is 2.33. The number of halogens is 1. The number of hydrogen-bond acceptors (Lipinski definition) is 3. The summed E-state index contributed by atoms with van der Waals surface area (Å²) in [6.45, 7) is 1.55. The molecule has 24 heavy (non-hydrogen) atoms. The maximum Gasteiger partial charge on any atom is 0.240 e. The Kier molecular flexibility index (Phi) is 4.58. The first-order valence-corrected chi connectivity index (χ1v) is 8.24. The summed E-state index contributed by atoms with van der Waals surface area (Å²) < 4.78 is 0. The normalized spacial score (nSPS) is 16.9. The van der Waals surface area contributed by atoms with E-state index in [-0.39, 0.29) is 11.9 Å². The number of benzene rings is 2. The second-order valence-electron chi connectivity index (χ2n) is 6.12. The molecule has 1 atom stereocenters. The quantitative estimate of drug-likeness (QED) is 0.842. The van der Waals surface area contributed by atoms with Crippen molar-refractivity contribution in [1.82, 2.24) is 5.01 Å². The van der Waals surface area contributed by atoms with Crippen molar-refractivity contribution < 1.29 is 4.79 Å². The Morgan fingerprint density at radius 2 is 1.75 bits per heavy atom. The van der Waals surface area contributed by atoms with Crippen LogP contribution in [-0.2, 0) is 4.79 Å². The van der Waals surface area contributed by atoms with E-state index in [1.54, 1.807) is 11.9 Å². The third-order valence-corrected chi connectivity index (χ3v) is 4.46. The first-order chi connectivity index (χ1) is 11.5. The molecular formula is C19H20ClN3O. The van der Waals surface area contributed by atoms with Gasteiger partial charge in [0, 0.05) is 38.1 Å². The van der Waals surface area contributed by atoms with Crippen LogP contribution in [0.4, 0.5) is 5.69 Å². The van der Waals surface area contributed by atoms with Crippen molar-refractivity contribution in [3.63, 3.8) is 0 Å². The van der Waals surface area contributed by atoms with Gasteiger partial charge in [-0.2, -0.15) is 5.10 Å². The maximum absolute atomic E-state index is 12.0. The zero-order valence-corrected chi connectivity index (χ0v) is 14.8. The van der Waals surface area contributed by atoms with Crippen LogP contribution >= 0.6 is 11.6 Å². The van der Waals surface area contributed by atoms with Gasteiger partial charge in [0.05, 0.1) is 11.8 Å². The second-order valence-corrected chi connectivity index (χ2v) is 6.56. The third kappa shape index (κ3) is 3.29. The van der Waals surface area contributed by atoms with Crippen molar-refractivity contribution in [2.75, 3.05) is 19.0 Å². The molecule has 3 rings (SSSR count). The van der Waals surface area contributed by atoms with E-state index in [0.717, 1.165) is 22.5 Å². The fourth-order valence-corrected chi connectivity index (χ4v) is 3.00. The van der Waals surface area contributed by atoms with Gasteiger partial charge in [-0.05, 0) is 35.4 Å². The Balaban J connectivity index is 1.89. The summed E-state index contributed by atoms with van der Waals surface area (Å²) in [6.07, 6.45) is 0.697. The van der Waals surface area contributed by atoms with Gasteiger partial charge in [0.15, 0.2) is 0 Å². The fraction of sp³-hybridized carbons (Fsp3) is 0.263. The van der Waals surface area contributed by atoms with Crippen LogP contribution in [-0.4, -0.2) is 30.7 Å². The zero-order chi connectivity index (χ0) is 17.3. The van der Waals surface area contributed by atoms with Crippen LogP contribution in [0.2, 0.25) is 5.02 Å². The summed E-state index contributed by atoms with van der Waals surface area (Å²) in [5.41, 5.74) is 4.12. The van der Waals surface area contributed by atoms with Crippen LogP contribution in [0.1, 0.15) is 30.5 Å². The van der Waals surface area contributed by atoms with Gasteiger partial charge in [-0.3, -0.25) is 4.79 Å². The third-order valence-electron chi connectivity index (χ3n) is 4.20. The average Bonchev–Trinajstić information content (AvgIpc) is 3.01. The van der Waals surface area contributed by atoms with E-state index < -0.39 is 0 Å². The number of amides is 1. The Morgan fingerprint density at radius 1 is 1.12 bits per heavy atom.